The quantitative estimate of drug-likeness (QED) is 0.443. The number of aromatic nitrogens is 1. The van der Waals surface area contributed by atoms with Crippen LogP contribution in [0, 0.1) is 5.82 Å². The summed E-state index contributed by atoms with van der Waals surface area (Å²) in [6, 6.07) is 10.9. The summed E-state index contributed by atoms with van der Waals surface area (Å²) >= 11 is 1.38. The third-order valence-corrected chi connectivity index (χ3v) is 4.20. The van der Waals surface area contributed by atoms with Crippen molar-refractivity contribution in [2.24, 2.45) is 0 Å². The second kappa shape index (κ2) is 5.14. The molecule has 3 aromatic rings. The number of carbonyl (C=O) groups excluding carboxylic acids is 1. The number of carbonyl (C=O) groups is 1. The van der Waals surface area contributed by atoms with Gasteiger partial charge in [0, 0.05) is 11.3 Å². The number of fused-ring (bicyclic) bond motifs is 1. The van der Waals surface area contributed by atoms with Crippen molar-refractivity contribution in [3.05, 3.63) is 53.8 Å². The van der Waals surface area contributed by atoms with Crippen LogP contribution in [0.4, 0.5) is 15.2 Å². The van der Waals surface area contributed by atoms with E-state index in [2.05, 4.69) is 0 Å². The lowest BCUT2D eigenvalue weighted by molar-refractivity contribution is -0.638. The third kappa shape index (κ3) is 2.57. The minimum Gasteiger partial charge on any atom is -0.399 e. The summed E-state index contributed by atoms with van der Waals surface area (Å²) in [6.07, 6.45) is 0. The molecular formula is C15H13FN3OS+. The highest BCUT2D eigenvalue weighted by Gasteiger charge is 2.19. The van der Waals surface area contributed by atoms with Crippen LogP contribution in [0.15, 0.2) is 42.5 Å². The van der Waals surface area contributed by atoms with E-state index in [1.807, 2.05) is 12.1 Å². The number of anilines is 2. The first-order valence-corrected chi connectivity index (χ1v) is 7.12. The van der Waals surface area contributed by atoms with Gasteiger partial charge in [-0.2, -0.15) is 0 Å². The molecule has 0 spiro atoms. The average Bonchev–Trinajstić information content (AvgIpc) is 2.75. The number of thiazole rings is 1. The number of benzene rings is 2. The molecule has 1 heterocycles. The summed E-state index contributed by atoms with van der Waals surface area (Å²) in [5, 5.41) is 0.533. The summed E-state index contributed by atoms with van der Waals surface area (Å²) in [5.74, 6) is -0.488. The van der Waals surface area contributed by atoms with Crippen LogP contribution in [-0.2, 0) is 6.54 Å². The van der Waals surface area contributed by atoms with Crippen LogP contribution < -0.4 is 16.0 Å². The van der Waals surface area contributed by atoms with E-state index >= 15 is 0 Å². The van der Waals surface area contributed by atoms with Crippen molar-refractivity contribution in [3.8, 4) is 0 Å². The van der Waals surface area contributed by atoms with Crippen molar-refractivity contribution in [2.45, 2.75) is 6.54 Å². The first-order valence-electron chi connectivity index (χ1n) is 6.31. The maximum atomic E-state index is 12.9. The van der Waals surface area contributed by atoms with E-state index in [0.717, 1.165) is 10.2 Å². The number of rotatable bonds is 3. The van der Waals surface area contributed by atoms with E-state index in [-0.39, 0.29) is 18.1 Å². The third-order valence-electron chi connectivity index (χ3n) is 3.22. The lowest BCUT2D eigenvalue weighted by Crippen LogP contribution is -2.39. The van der Waals surface area contributed by atoms with Crippen molar-refractivity contribution in [1.29, 1.82) is 0 Å². The Labute approximate surface area is 124 Å². The maximum absolute atomic E-state index is 12.9. The highest BCUT2D eigenvalue weighted by atomic mass is 32.1. The Morgan fingerprint density at radius 3 is 2.57 bits per heavy atom. The number of halogens is 1. The summed E-state index contributed by atoms with van der Waals surface area (Å²) < 4.78 is 15.6. The Bertz CT molecular complexity index is 827. The Hall–Kier alpha value is -2.47. The molecule has 0 bridgehead atoms. The van der Waals surface area contributed by atoms with Crippen molar-refractivity contribution in [2.75, 3.05) is 11.5 Å². The fraction of sp³-hybridized carbons (Fsp3) is 0.0667. The molecule has 106 valence electrons. The molecule has 21 heavy (non-hydrogen) atoms. The molecule has 0 amide bonds. The second-order valence-corrected chi connectivity index (χ2v) is 5.75. The molecule has 2 aromatic carbocycles. The van der Waals surface area contributed by atoms with Gasteiger partial charge in [-0.3, -0.25) is 10.5 Å². The number of Topliss-reactive ketones (excluding diaryl/α,β-unsaturated/α-hetero) is 1. The lowest BCUT2D eigenvalue weighted by Gasteiger charge is -2.01. The average molecular weight is 302 g/mol. The molecule has 0 atom stereocenters. The van der Waals surface area contributed by atoms with Crippen LogP contribution in [0.2, 0.25) is 0 Å². The predicted octanol–water partition coefficient (Wildman–Crippen LogP) is 2.38. The second-order valence-electron chi connectivity index (χ2n) is 4.68. The van der Waals surface area contributed by atoms with Gasteiger partial charge in [0.1, 0.15) is 11.3 Å². The van der Waals surface area contributed by atoms with Crippen LogP contribution in [0.3, 0.4) is 0 Å². The Kier molecular flexibility index (Phi) is 3.31. The molecule has 0 radical (unpaired) electrons. The molecule has 0 aliphatic rings. The van der Waals surface area contributed by atoms with Gasteiger partial charge in [-0.15, -0.1) is 0 Å². The number of nitrogens with two attached hydrogens (primary N) is 2. The SMILES string of the molecule is Nc1ccc2c(c1)sc(N)[n+]2CC(=O)c1ccc(F)cc1. The molecule has 0 saturated carbocycles. The van der Waals surface area contributed by atoms with Crippen molar-refractivity contribution < 1.29 is 13.8 Å². The van der Waals surface area contributed by atoms with Crippen LogP contribution >= 0.6 is 11.3 Å². The first kappa shape index (κ1) is 13.5. The minimum absolute atomic E-state index is 0.112. The Morgan fingerprint density at radius 2 is 1.86 bits per heavy atom. The standard InChI is InChI=1S/C15H12FN3OS/c16-10-3-1-9(2-4-10)13(20)8-19-12-6-5-11(17)7-14(12)21-15(19)18/h1-7,18H,8,17H2/p+1. The molecule has 0 unspecified atom stereocenters. The van der Waals surface area contributed by atoms with E-state index in [0.29, 0.717) is 16.4 Å². The zero-order chi connectivity index (χ0) is 15.0. The van der Waals surface area contributed by atoms with Crippen molar-refractivity contribution in [3.63, 3.8) is 0 Å². The molecule has 6 heteroatoms. The number of nitrogen functional groups attached to an aromatic ring is 2. The topological polar surface area (TPSA) is 73.0 Å². The number of hydrogen-bond donors (Lipinski definition) is 2. The van der Waals surface area contributed by atoms with Crippen molar-refractivity contribution >= 4 is 38.2 Å². The summed E-state index contributed by atoms with van der Waals surface area (Å²) in [6.45, 7) is 0.112. The highest BCUT2D eigenvalue weighted by Crippen LogP contribution is 2.24. The summed E-state index contributed by atoms with van der Waals surface area (Å²) in [4.78, 5) is 12.3. The predicted molar refractivity (Wildman–Crippen MR) is 81.6 cm³/mol. The monoisotopic (exact) mass is 302 g/mol. The van der Waals surface area contributed by atoms with Gasteiger partial charge < -0.3 is 5.73 Å². The fourth-order valence-electron chi connectivity index (χ4n) is 2.16. The van der Waals surface area contributed by atoms with Crippen LogP contribution in [0.1, 0.15) is 10.4 Å². The van der Waals surface area contributed by atoms with Crippen molar-refractivity contribution in [1.82, 2.24) is 0 Å². The molecule has 1 aromatic heterocycles. The molecule has 4 nitrogen and oxygen atoms in total. The smallest absolute Gasteiger partial charge is 0.333 e. The van der Waals surface area contributed by atoms with E-state index in [4.69, 9.17) is 11.5 Å². The normalized spacial score (nSPS) is 10.9. The van der Waals surface area contributed by atoms with Gasteiger partial charge in [0.2, 0.25) is 5.78 Å². The van der Waals surface area contributed by atoms with Crippen LogP contribution in [-0.4, -0.2) is 5.78 Å². The van der Waals surface area contributed by atoms with E-state index in [1.54, 1.807) is 10.6 Å². The summed E-state index contributed by atoms with van der Waals surface area (Å²) in [5.41, 5.74) is 13.7. The highest BCUT2D eigenvalue weighted by molar-refractivity contribution is 7.21. The molecular weight excluding hydrogens is 289 g/mol. The van der Waals surface area contributed by atoms with Gasteiger partial charge >= 0.3 is 5.13 Å². The van der Waals surface area contributed by atoms with Gasteiger partial charge in [-0.25, -0.2) is 8.96 Å². The molecule has 0 saturated heterocycles. The zero-order valence-corrected chi connectivity index (χ0v) is 11.9. The van der Waals surface area contributed by atoms with Gasteiger partial charge in [0.15, 0.2) is 6.54 Å². The fourth-order valence-corrected chi connectivity index (χ4v) is 3.13. The number of ketones is 1. The van der Waals surface area contributed by atoms with E-state index in [1.165, 1.54) is 35.6 Å². The van der Waals surface area contributed by atoms with Crippen LogP contribution in [0.25, 0.3) is 10.2 Å². The lowest BCUT2D eigenvalue weighted by atomic mass is 10.1. The minimum atomic E-state index is -0.366. The van der Waals surface area contributed by atoms with Crippen LogP contribution in [0.5, 0.6) is 0 Å². The van der Waals surface area contributed by atoms with E-state index < -0.39 is 0 Å². The summed E-state index contributed by atoms with van der Waals surface area (Å²) in [7, 11) is 0. The molecule has 3 rings (SSSR count). The first-order chi connectivity index (χ1) is 10.0. The van der Waals surface area contributed by atoms with E-state index in [9.17, 15) is 9.18 Å². The maximum Gasteiger partial charge on any atom is 0.333 e. The van der Waals surface area contributed by atoms with Gasteiger partial charge in [0.25, 0.3) is 0 Å². The molecule has 0 aliphatic heterocycles. The number of nitrogens with zero attached hydrogens (tertiary/aromatic N) is 1. The van der Waals surface area contributed by atoms with Gasteiger partial charge in [-0.1, -0.05) is 0 Å². The number of hydrogen-bond acceptors (Lipinski definition) is 4. The Morgan fingerprint density at radius 1 is 1.14 bits per heavy atom. The molecule has 0 fully saturated rings. The zero-order valence-electron chi connectivity index (χ0n) is 11.0. The molecule has 4 N–H and O–H groups in total. The molecule has 0 aliphatic carbocycles. The van der Waals surface area contributed by atoms with Gasteiger partial charge in [-0.05, 0) is 53.8 Å². The van der Waals surface area contributed by atoms with Gasteiger partial charge in [0.05, 0.1) is 4.70 Å². The Balaban J connectivity index is 1.96. The largest absolute Gasteiger partial charge is 0.399 e.